The summed E-state index contributed by atoms with van der Waals surface area (Å²) in [6.07, 6.45) is 0.635. The summed E-state index contributed by atoms with van der Waals surface area (Å²) in [5.41, 5.74) is 6.41. The van der Waals surface area contributed by atoms with Crippen molar-refractivity contribution >= 4 is 17.4 Å². The van der Waals surface area contributed by atoms with E-state index >= 15 is 0 Å². The largest absolute Gasteiger partial charge is 0.425 e. The summed E-state index contributed by atoms with van der Waals surface area (Å²) in [6, 6.07) is 4.33. The standard InChI is InChI=1S/C14H20N2O3/c1-5-12(16(3)4)14(18)19-13-7-6-10(15)8-11(13)9(2)17/h6-8,12H,5,15H2,1-4H3. The molecule has 0 amide bonds. The summed E-state index contributed by atoms with van der Waals surface area (Å²) in [4.78, 5) is 25.3. The van der Waals surface area contributed by atoms with Crippen LogP contribution in [0.3, 0.4) is 0 Å². The molecule has 0 spiro atoms. The van der Waals surface area contributed by atoms with Crippen LogP contribution in [-0.2, 0) is 4.79 Å². The van der Waals surface area contributed by atoms with Crippen molar-refractivity contribution in [3.63, 3.8) is 0 Å². The van der Waals surface area contributed by atoms with Gasteiger partial charge < -0.3 is 10.5 Å². The third kappa shape index (κ3) is 3.79. The number of likely N-dealkylation sites (N-methyl/N-ethyl adjacent to an activating group) is 1. The normalized spacial score (nSPS) is 12.3. The van der Waals surface area contributed by atoms with Crippen LogP contribution in [0.25, 0.3) is 0 Å². The lowest BCUT2D eigenvalue weighted by Gasteiger charge is -2.21. The first kappa shape index (κ1) is 15.2. The maximum atomic E-state index is 12.0. The number of carbonyl (C=O) groups is 2. The van der Waals surface area contributed by atoms with Crippen LogP contribution in [0.2, 0.25) is 0 Å². The highest BCUT2D eigenvalue weighted by atomic mass is 16.5. The van der Waals surface area contributed by atoms with Gasteiger partial charge in [0.25, 0.3) is 0 Å². The fourth-order valence-electron chi connectivity index (χ4n) is 1.83. The van der Waals surface area contributed by atoms with E-state index in [9.17, 15) is 9.59 Å². The number of anilines is 1. The van der Waals surface area contributed by atoms with E-state index in [4.69, 9.17) is 10.5 Å². The van der Waals surface area contributed by atoms with E-state index in [2.05, 4.69) is 0 Å². The van der Waals surface area contributed by atoms with Crippen molar-refractivity contribution in [3.05, 3.63) is 23.8 Å². The molecule has 0 bridgehead atoms. The van der Waals surface area contributed by atoms with Gasteiger partial charge in [-0.1, -0.05) is 6.92 Å². The number of ketones is 1. The van der Waals surface area contributed by atoms with Gasteiger partial charge in [0.15, 0.2) is 5.78 Å². The minimum atomic E-state index is -0.375. The average molecular weight is 264 g/mol. The van der Waals surface area contributed by atoms with Crippen molar-refractivity contribution in [1.82, 2.24) is 4.90 Å². The maximum Gasteiger partial charge on any atom is 0.328 e. The zero-order valence-electron chi connectivity index (χ0n) is 11.8. The number of hydrogen-bond acceptors (Lipinski definition) is 5. The molecule has 1 atom stereocenters. The lowest BCUT2D eigenvalue weighted by Crippen LogP contribution is -2.38. The topological polar surface area (TPSA) is 72.6 Å². The van der Waals surface area contributed by atoms with Gasteiger partial charge in [0.2, 0.25) is 0 Å². The second-order valence-electron chi connectivity index (χ2n) is 4.62. The Labute approximate surface area is 113 Å². The van der Waals surface area contributed by atoms with E-state index in [1.54, 1.807) is 17.0 Å². The van der Waals surface area contributed by atoms with Crippen LogP contribution in [0.1, 0.15) is 30.6 Å². The van der Waals surface area contributed by atoms with Crippen LogP contribution in [0.5, 0.6) is 5.75 Å². The Morgan fingerprint density at radius 1 is 1.37 bits per heavy atom. The van der Waals surface area contributed by atoms with Crippen molar-refractivity contribution < 1.29 is 14.3 Å². The van der Waals surface area contributed by atoms with E-state index in [0.29, 0.717) is 17.7 Å². The first-order valence-corrected chi connectivity index (χ1v) is 6.15. The van der Waals surface area contributed by atoms with Crippen LogP contribution in [0.4, 0.5) is 5.69 Å². The van der Waals surface area contributed by atoms with Crippen molar-refractivity contribution in [3.8, 4) is 5.75 Å². The number of hydrogen-bond donors (Lipinski definition) is 1. The second kappa shape index (κ2) is 6.33. The fourth-order valence-corrected chi connectivity index (χ4v) is 1.83. The highest BCUT2D eigenvalue weighted by Crippen LogP contribution is 2.23. The number of carbonyl (C=O) groups excluding carboxylic acids is 2. The lowest BCUT2D eigenvalue weighted by molar-refractivity contribution is -0.139. The van der Waals surface area contributed by atoms with Gasteiger partial charge in [-0.2, -0.15) is 0 Å². The lowest BCUT2D eigenvalue weighted by atomic mass is 10.1. The molecule has 104 valence electrons. The molecule has 19 heavy (non-hydrogen) atoms. The molecule has 1 aromatic rings. The van der Waals surface area contributed by atoms with Crippen LogP contribution < -0.4 is 10.5 Å². The van der Waals surface area contributed by atoms with Gasteiger partial charge >= 0.3 is 5.97 Å². The number of Topliss-reactive ketones (excluding diaryl/α,β-unsaturated/α-hetero) is 1. The monoisotopic (exact) mass is 264 g/mol. The second-order valence-corrected chi connectivity index (χ2v) is 4.62. The Balaban J connectivity index is 2.99. The van der Waals surface area contributed by atoms with Crippen molar-refractivity contribution in [2.75, 3.05) is 19.8 Å². The number of nitrogens with two attached hydrogens (primary N) is 1. The van der Waals surface area contributed by atoms with Gasteiger partial charge in [-0.25, -0.2) is 4.79 Å². The maximum absolute atomic E-state index is 12.0. The highest BCUT2D eigenvalue weighted by molar-refractivity contribution is 5.98. The molecule has 5 nitrogen and oxygen atoms in total. The van der Waals surface area contributed by atoms with E-state index in [-0.39, 0.29) is 23.5 Å². The minimum Gasteiger partial charge on any atom is -0.425 e. The molecule has 0 fully saturated rings. The summed E-state index contributed by atoms with van der Waals surface area (Å²) in [5.74, 6) is -0.306. The van der Waals surface area contributed by atoms with Gasteiger partial charge in [-0.15, -0.1) is 0 Å². The zero-order valence-corrected chi connectivity index (χ0v) is 11.8. The number of benzene rings is 1. The van der Waals surface area contributed by atoms with Gasteiger partial charge in [0.1, 0.15) is 11.8 Å². The van der Waals surface area contributed by atoms with Crippen molar-refractivity contribution in [2.24, 2.45) is 0 Å². The summed E-state index contributed by atoms with van der Waals surface area (Å²) < 4.78 is 5.32. The molecule has 0 aliphatic heterocycles. The van der Waals surface area contributed by atoms with Crippen molar-refractivity contribution in [1.29, 1.82) is 0 Å². The summed E-state index contributed by atoms with van der Waals surface area (Å²) in [7, 11) is 3.62. The van der Waals surface area contributed by atoms with E-state index in [1.165, 1.54) is 13.0 Å². The first-order valence-electron chi connectivity index (χ1n) is 6.15. The molecule has 0 saturated carbocycles. The molecule has 0 radical (unpaired) electrons. The Kier molecular flexibility index (Phi) is 5.06. The molecule has 0 heterocycles. The zero-order chi connectivity index (χ0) is 14.6. The smallest absolute Gasteiger partial charge is 0.328 e. The van der Waals surface area contributed by atoms with Crippen LogP contribution >= 0.6 is 0 Å². The summed E-state index contributed by atoms with van der Waals surface area (Å²) in [6.45, 7) is 3.32. The molecule has 1 unspecified atom stereocenters. The van der Waals surface area contributed by atoms with Gasteiger partial charge in [0.05, 0.1) is 5.56 Å². The molecule has 5 heteroatoms. The fraction of sp³-hybridized carbons (Fsp3) is 0.429. The predicted octanol–water partition coefficient (Wildman–Crippen LogP) is 1.72. The molecule has 0 aliphatic carbocycles. The van der Waals surface area contributed by atoms with Gasteiger partial charge in [-0.05, 0) is 45.6 Å². The first-order chi connectivity index (χ1) is 8.86. The number of nitrogen functional groups attached to an aromatic ring is 1. The molecule has 0 aromatic heterocycles. The van der Waals surface area contributed by atoms with Gasteiger partial charge in [0, 0.05) is 5.69 Å². The van der Waals surface area contributed by atoms with E-state index in [1.807, 2.05) is 21.0 Å². The summed E-state index contributed by atoms with van der Waals surface area (Å²) in [5, 5.41) is 0. The Morgan fingerprint density at radius 2 is 2.00 bits per heavy atom. The number of nitrogens with zero attached hydrogens (tertiary/aromatic N) is 1. The van der Waals surface area contributed by atoms with E-state index < -0.39 is 0 Å². The number of rotatable bonds is 5. The SMILES string of the molecule is CCC(C(=O)Oc1ccc(N)cc1C(C)=O)N(C)C. The Bertz CT molecular complexity index is 484. The Morgan fingerprint density at radius 3 is 2.47 bits per heavy atom. The molecular formula is C14H20N2O3. The third-order valence-corrected chi connectivity index (χ3v) is 2.88. The van der Waals surface area contributed by atoms with Crippen LogP contribution in [0.15, 0.2) is 18.2 Å². The molecule has 1 rings (SSSR count). The third-order valence-electron chi connectivity index (χ3n) is 2.88. The highest BCUT2D eigenvalue weighted by Gasteiger charge is 2.22. The van der Waals surface area contributed by atoms with Crippen molar-refractivity contribution in [2.45, 2.75) is 26.3 Å². The Hall–Kier alpha value is -1.88. The summed E-state index contributed by atoms with van der Waals surface area (Å²) >= 11 is 0. The molecule has 0 saturated heterocycles. The molecular weight excluding hydrogens is 244 g/mol. The quantitative estimate of drug-likeness (QED) is 0.379. The average Bonchev–Trinajstić information content (AvgIpc) is 2.31. The minimum absolute atomic E-state index is 0.187. The van der Waals surface area contributed by atoms with Gasteiger partial charge in [-0.3, -0.25) is 9.69 Å². The number of ether oxygens (including phenoxy) is 1. The number of esters is 1. The molecule has 1 aromatic carbocycles. The molecule has 0 aliphatic rings. The van der Waals surface area contributed by atoms with Crippen LogP contribution in [-0.4, -0.2) is 36.8 Å². The van der Waals surface area contributed by atoms with Crippen LogP contribution in [0, 0.1) is 0 Å². The van der Waals surface area contributed by atoms with E-state index in [0.717, 1.165) is 0 Å². The predicted molar refractivity (Wildman–Crippen MR) is 74.3 cm³/mol. The molecule has 2 N–H and O–H groups in total.